The number of hydrogen-bond acceptors (Lipinski definition) is 3. The van der Waals surface area contributed by atoms with E-state index in [0.29, 0.717) is 13.0 Å². The number of rotatable bonds is 6. The van der Waals surface area contributed by atoms with Gasteiger partial charge in [-0.3, -0.25) is 11.3 Å². The first-order valence-corrected chi connectivity index (χ1v) is 7.53. The van der Waals surface area contributed by atoms with Crippen LogP contribution in [0.4, 0.5) is 4.39 Å². The topological polar surface area (TPSA) is 47.3 Å². The van der Waals surface area contributed by atoms with Crippen molar-refractivity contribution < 1.29 is 9.13 Å². The highest BCUT2D eigenvalue weighted by Crippen LogP contribution is 2.37. The molecule has 1 fully saturated rings. The molecule has 5 heteroatoms. The average Bonchev–Trinajstić information content (AvgIpc) is 2.90. The third-order valence-electron chi connectivity index (χ3n) is 4.17. The van der Waals surface area contributed by atoms with Gasteiger partial charge in [0.25, 0.3) is 0 Å². The molecule has 1 unspecified atom stereocenters. The summed E-state index contributed by atoms with van der Waals surface area (Å²) in [5.41, 5.74) is 3.36. The van der Waals surface area contributed by atoms with E-state index >= 15 is 0 Å². The molecule has 1 aliphatic rings. The fourth-order valence-corrected chi connectivity index (χ4v) is 3.38. The van der Waals surface area contributed by atoms with Gasteiger partial charge in [-0.2, -0.15) is 0 Å². The molecule has 112 valence electrons. The molecule has 0 aliphatic heterocycles. The van der Waals surface area contributed by atoms with E-state index in [1.54, 1.807) is 6.07 Å². The number of halogens is 2. The largest absolute Gasteiger partial charge is 0.374 e. The number of hydrogen-bond donors (Lipinski definition) is 2. The average molecular weight is 301 g/mol. The van der Waals surface area contributed by atoms with E-state index in [4.69, 9.17) is 22.2 Å². The van der Waals surface area contributed by atoms with Crippen molar-refractivity contribution >= 4 is 11.6 Å². The molecule has 0 amide bonds. The van der Waals surface area contributed by atoms with Gasteiger partial charge < -0.3 is 4.74 Å². The van der Waals surface area contributed by atoms with Crippen LogP contribution < -0.4 is 11.3 Å². The Kier molecular flexibility index (Phi) is 5.38. The number of nitrogens with two attached hydrogens (primary N) is 1. The van der Waals surface area contributed by atoms with Gasteiger partial charge in [0, 0.05) is 6.61 Å². The zero-order chi connectivity index (χ0) is 14.6. The molecule has 1 aromatic carbocycles. The SMILES string of the molecule is CCOC1(C(Cc2cccc(F)c2Cl)NN)CCCC1. The van der Waals surface area contributed by atoms with Crippen LogP contribution in [0.25, 0.3) is 0 Å². The molecule has 3 N–H and O–H groups in total. The highest BCUT2D eigenvalue weighted by molar-refractivity contribution is 6.31. The minimum absolute atomic E-state index is 0.0655. The Labute approximate surface area is 124 Å². The first kappa shape index (κ1) is 15.7. The molecule has 0 radical (unpaired) electrons. The first-order chi connectivity index (χ1) is 9.63. The van der Waals surface area contributed by atoms with Gasteiger partial charge >= 0.3 is 0 Å². The highest BCUT2D eigenvalue weighted by atomic mass is 35.5. The third-order valence-corrected chi connectivity index (χ3v) is 4.60. The normalized spacial score (nSPS) is 19.2. The molecule has 1 atom stereocenters. The Morgan fingerprint density at radius 3 is 2.75 bits per heavy atom. The lowest BCUT2D eigenvalue weighted by Crippen LogP contribution is -2.54. The van der Waals surface area contributed by atoms with E-state index in [-0.39, 0.29) is 16.7 Å². The summed E-state index contributed by atoms with van der Waals surface area (Å²) >= 11 is 6.04. The maximum absolute atomic E-state index is 13.5. The third kappa shape index (κ3) is 3.14. The van der Waals surface area contributed by atoms with Gasteiger partial charge in [-0.15, -0.1) is 0 Å². The van der Waals surface area contributed by atoms with Crippen LogP contribution in [0.3, 0.4) is 0 Å². The van der Waals surface area contributed by atoms with Crippen LogP contribution >= 0.6 is 11.6 Å². The maximum atomic E-state index is 13.5. The predicted octanol–water partition coefficient (Wildman–Crippen LogP) is 3.20. The molecule has 0 spiro atoms. The molecule has 0 bridgehead atoms. The van der Waals surface area contributed by atoms with Gasteiger partial charge in [0.2, 0.25) is 0 Å². The van der Waals surface area contributed by atoms with E-state index in [9.17, 15) is 4.39 Å². The summed E-state index contributed by atoms with van der Waals surface area (Å²) in [7, 11) is 0. The molecular weight excluding hydrogens is 279 g/mol. The fourth-order valence-electron chi connectivity index (χ4n) is 3.18. The van der Waals surface area contributed by atoms with Crippen LogP contribution in [0.2, 0.25) is 5.02 Å². The van der Waals surface area contributed by atoms with E-state index < -0.39 is 5.82 Å². The van der Waals surface area contributed by atoms with Crippen LogP contribution in [-0.4, -0.2) is 18.2 Å². The van der Waals surface area contributed by atoms with Crippen LogP contribution in [0.15, 0.2) is 18.2 Å². The van der Waals surface area contributed by atoms with Crippen molar-refractivity contribution in [2.24, 2.45) is 5.84 Å². The molecule has 1 saturated carbocycles. The minimum atomic E-state index is -0.392. The van der Waals surface area contributed by atoms with Gasteiger partial charge in [-0.25, -0.2) is 4.39 Å². The second-order valence-electron chi connectivity index (χ2n) is 5.34. The van der Waals surface area contributed by atoms with E-state index in [1.807, 2.05) is 13.0 Å². The lowest BCUT2D eigenvalue weighted by molar-refractivity contribution is -0.0613. The van der Waals surface area contributed by atoms with Crippen molar-refractivity contribution in [3.05, 3.63) is 34.6 Å². The zero-order valence-corrected chi connectivity index (χ0v) is 12.5. The Morgan fingerprint density at radius 2 is 2.15 bits per heavy atom. The maximum Gasteiger partial charge on any atom is 0.142 e. The van der Waals surface area contributed by atoms with E-state index in [0.717, 1.165) is 31.2 Å². The number of hydrazine groups is 1. The first-order valence-electron chi connectivity index (χ1n) is 7.16. The van der Waals surface area contributed by atoms with Crippen molar-refractivity contribution in [1.82, 2.24) is 5.43 Å². The molecule has 1 aliphatic carbocycles. The van der Waals surface area contributed by atoms with Crippen LogP contribution in [0.1, 0.15) is 38.2 Å². The molecule has 2 rings (SSSR count). The molecule has 0 aromatic heterocycles. The predicted molar refractivity (Wildman–Crippen MR) is 79.1 cm³/mol. The quantitative estimate of drug-likeness (QED) is 0.626. The summed E-state index contributed by atoms with van der Waals surface area (Å²) in [6, 6.07) is 4.81. The van der Waals surface area contributed by atoms with Gasteiger partial charge in [0.05, 0.1) is 16.7 Å². The molecule has 0 heterocycles. The Bertz CT molecular complexity index is 449. The highest BCUT2D eigenvalue weighted by Gasteiger charge is 2.42. The van der Waals surface area contributed by atoms with Gasteiger partial charge in [0.15, 0.2) is 0 Å². The Balaban J connectivity index is 2.21. The van der Waals surface area contributed by atoms with Crippen molar-refractivity contribution in [3.8, 4) is 0 Å². The standard InChI is InChI=1S/C15H22ClFN2O/c1-2-20-15(8-3-4-9-15)13(19-18)10-11-6-5-7-12(17)14(11)16/h5-7,13,19H,2-4,8-10,18H2,1H3. The summed E-state index contributed by atoms with van der Waals surface area (Å²) in [5.74, 6) is 5.35. The molecule has 1 aromatic rings. The van der Waals surface area contributed by atoms with Gasteiger partial charge in [0.1, 0.15) is 5.82 Å². The second kappa shape index (κ2) is 6.85. The summed E-state index contributed by atoms with van der Waals surface area (Å²) < 4.78 is 19.5. The van der Waals surface area contributed by atoms with Crippen molar-refractivity contribution in [1.29, 1.82) is 0 Å². The molecule has 3 nitrogen and oxygen atoms in total. The summed E-state index contributed by atoms with van der Waals surface area (Å²) in [5, 5.41) is 0.178. The van der Waals surface area contributed by atoms with E-state index in [2.05, 4.69) is 5.43 Å². The zero-order valence-electron chi connectivity index (χ0n) is 11.8. The number of benzene rings is 1. The summed E-state index contributed by atoms with van der Waals surface area (Å²) in [6.45, 7) is 2.64. The van der Waals surface area contributed by atoms with Crippen molar-refractivity contribution in [2.75, 3.05) is 6.61 Å². The number of nitrogens with one attached hydrogen (secondary N) is 1. The van der Waals surface area contributed by atoms with Crippen molar-refractivity contribution in [2.45, 2.75) is 50.7 Å². The molecular formula is C15H22ClFN2O. The fraction of sp³-hybridized carbons (Fsp3) is 0.600. The lowest BCUT2D eigenvalue weighted by atomic mass is 9.87. The Hall–Kier alpha value is -0.680. The van der Waals surface area contributed by atoms with Crippen LogP contribution in [-0.2, 0) is 11.2 Å². The number of ether oxygens (including phenoxy) is 1. The minimum Gasteiger partial charge on any atom is -0.374 e. The van der Waals surface area contributed by atoms with Gasteiger partial charge in [-0.1, -0.05) is 36.6 Å². The summed E-state index contributed by atoms with van der Waals surface area (Å²) in [6.07, 6.45) is 4.78. The second-order valence-corrected chi connectivity index (χ2v) is 5.72. The van der Waals surface area contributed by atoms with Crippen molar-refractivity contribution in [3.63, 3.8) is 0 Å². The Morgan fingerprint density at radius 1 is 1.45 bits per heavy atom. The molecule has 0 saturated heterocycles. The monoisotopic (exact) mass is 300 g/mol. The van der Waals surface area contributed by atoms with Gasteiger partial charge in [-0.05, 0) is 37.8 Å². The van der Waals surface area contributed by atoms with Crippen LogP contribution in [0, 0.1) is 5.82 Å². The van der Waals surface area contributed by atoms with Crippen LogP contribution in [0.5, 0.6) is 0 Å². The smallest absolute Gasteiger partial charge is 0.142 e. The van der Waals surface area contributed by atoms with E-state index in [1.165, 1.54) is 6.07 Å². The lowest BCUT2D eigenvalue weighted by Gasteiger charge is -2.37. The molecule has 20 heavy (non-hydrogen) atoms. The summed E-state index contributed by atoms with van der Waals surface area (Å²) in [4.78, 5) is 0.